The van der Waals surface area contributed by atoms with Gasteiger partial charge in [-0.3, -0.25) is 9.80 Å². The van der Waals surface area contributed by atoms with Crippen molar-refractivity contribution in [3.05, 3.63) is 92.5 Å². The summed E-state index contributed by atoms with van der Waals surface area (Å²) in [5.41, 5.74) is 4.37. The van der Waals surface area contributed by atoms with Crippen LogP contribution in [-0.2, 0) is 26.1 Å². The molecule has 2 aliphatic heterocycles. The molecule has 0 aliphatic carbocycles. The maximum atomic E-state index is 12.4. The Labute approximate surface area is 198 Å². The van der Waals surface area contributed by atoms with Crippen LogP contribution in [0.15, 0.2) is 64.0 Å². The molecule has 0 atom stereocenters. The zero-order valence-electron chi connectivity index (χ0n) is 18.5. The molecular formula is C26H28ClN3O3. The van der Waals surface area contributed by atoms with E-state index in [-0.39, 0.29) is 5.75 Å². The number of hydrogen-bond acceptors (Lipinski definition) is 6. The summed E-state index contributed by atoms with van der Waals surface area (Å²) in [7, 11) is 0. The van der Waals surface area contributed by atoms with Gasteiger partial charge in [-0.25, -0.2) is 4.79 Å². The third kappa shape index (κ3) is 4.93. The van der Waals surface area contributed by atoms with E-state index in [1.54, 1.807) is 0 Å². The Morgan fingerprint density at radius 1 is 0.879 bits per heavy atom. The normalized spacial score (nSPS) is 17.2. The number of hydrogen-bond donors (Lipinski definition) is 1. The van der Waals surface area contributed by atoms with E-state index >= 15 is 0 Å². The van der Waals surface area contributed by atoms with Crippen molar-refractivity contribution in [2.45, 2.75) is 26.1 Å². The maximum absolute atomic E-state index is 12.4. The highest BCUT2D eigenvalue weighted by atomic mass is 35.5. The fourth-order valence-electron chi connectivity index (χ4n) is 4.76. The minimum Gasteiger partial charge on any atom is -0.507 e. The topological polar surface area (TPSA) is 60.2 Å². The van der Waals surface area contributed by atoms with Gasteiger partial charge in [-0.15, -0.1) is 0 Å². The molecule has 1 N–H and O–H groups in total. The van der Waals surface area contributed by atoms with E-state index in [1.165, 1.54) is 17.4 Å². The van der Waals surface area contributed by atoms with Crippen LogP contribution in [0.1, 0.15) is 22.3 Å². The van der Waals surface area contributed by atoms with Gasteiger partial charge in [0.25, 0.3) is 0 Å². The number of aromatic hydroxyl groups is 1. The Morgan fingerprint density at radius 3 is 2.36 bits per heavy atom. The molecule has 1 saturated heterocycles. The second-order valence-electron chi connectivity index (χ2n) is 8.84. The first-order valence-electron chi connectivity index (χ1n) is 11.4. The minimum absolute atomic E-state index is 0.0743. The van der Waals surface area contributed by atoms with Gasteiger partial charge in [0.2, 0.25) is 0 Å². The summed E-state index contributed by atoms with van der Waals surface area (Å²) in [4.78, 5) is 19.3. The fourth-order valence-corrected chi connectivity index (χ4v) is 4.89. The Kier molecular flexibility index (Phi) is 6.40. The zero-order valence-corrected chi connectivity index (χ0v) is 19.3. The van der Waals surface area contributed by atoms with Gasteiger partial charge in [0.15, 0.2) is 0 Å². The van der Waals surface area contributed by atoms with Gasteiger partial charge in [-0.05, 0) is 41.8 Å². The number of piperazine rings is 1. The Bertz CT molecular complexity index is 1170. The molecular weight excluding hydrogens is 438 g/mol. The van der Waals surface area contributed by atoms with Crippen molar-refractivity contribution in [2.24, 2.45) is 0 Å². The van der Waals surface area contributed by atoms with Crippen molar-refractivity contribution in [1.82, 2.24) is 9.80 Å². The smallest absolute Gasteiger partial charge is 0.343 e. The molecule has 2 aliphatic rings. The van der Waals surface area contributed by atoms with Crippen LogP contribution in [0.25, 0.3) is 0 Å². The number of rotatable bonds is 5. The Hall–Kier alpha value is -2.80. The average molecular weight is 466 g/mol. The molecule has 0 spiro atoms. The molecule has 0 bridgehead atoms. The molecule has 0 amide bonds. The summed E-state index contributed by atoms with van der Waals surface area (Å²) < 4.78 is 5.33. The van der Waals surface area contributed by atoms with Crippen molar-refractivity contribution < 1.29 is 9.52 Å². The lowest BCUT2D eigenvalue weighted by molar-refractivity contribution is 0.230. The second-order valence-corrected chi connectivity index (χ2v) is 9.28. The predicted molar refractivity (Wildman–Crippen MR) is 130 cm³/mol. The van der Waals surface area contributed by atoms with Crippen molar-refractivity contribution in [3.63, 3.8) is 0 Å². The van der Waals surface area contributed by atoms with E-state index in [0.29, 0.717) is 24.2 Å². The van der Waals surface area contributed by atoms with Crippen LogP contribution in [0.5, 0.6) is 5.75 Å². The van der Waals surface area contributed by atoms with Crippen molar-refractivity contribution in [2.75, 3.05) is 37.6 Å². The number of benzene rings is 2. The molecule has 1 fully saturated rings. The SMILES string of the molecule is O=c1occ(CN2CCN(c3ccc(Cl)cc3)CC2)c(O)c1CN1CCc2ccccc2C1. The minimum atomic E-state index is -0.456. The zero-order chi connectivity index (χ0) is 22.8. The molecule has 172 valence electrons. The van der Waals surface area contributed by atoms with Crippen LogP contribution in [0, 0.1) is 0 Å². The number of nitrogens with zero attached hydrogens (tertiary/aromatic N) is 3. The molecule has 0 radical (unpaired) electrons. The van der Waals surface area contributed by atoms with E-state index in [0.717, 1.165) is 56.4 Å². The summed E-state index contributed by atoms with van der Waals surface area (Å²) in [6.45, 7) is 6.07. The van der Waals surface area contributed by atoms with Gasteiger partial charge in [-0.1, -0.05) is 35.9 Å². The van der Waals surface area contributed by atoms with E-state index in [9.17, 15) is 9.90 Å². The lowest BCUT2D eigenvalue weighted by Crippen LogP contribution is -2.46. The second kappa shape index (κ2) is 9.59. The van der Waals surface area contributed by atoms with E-state index < -0.39 is 5.63 Å². The number of fused-ring (bicyclic) bond motifs is 1. The highest BCUT2D eigenvalue weighted by Gasteiger charge is 2.23. The van der Waals surface area contributed by atoms with Crippen molar-refractivity contribution in [1.29, 1.82) is 0 Å². The molecule has 33 heavy (non-hydrogen) atoms. The highest BCUT2D eigenvalue weighted by molar-refractivity contribution is 6.30. The first kappa shape index (κ1) is 22.0. The number of halogens is 1. The molecule has 7 heteroatoms. The van der Waals surface area contributed by atoms with Crippen LogP contribution in [0.2, 0.25) is 5.02 Å². The summed E-state index contributed by atoms with van der Waals surface area (Å²) in [6, 6.07) is 16.3. The van der Waals surface area contributed by atoms with E-state index in [1.807, 2.05) is 30.3 Å². The molecule has 3 aromatic rings. The molecule has 2 aromatic carbocycles. The molecule has 5 rings (SSSR count). The quantitative estimate of drug-likeness (QED) is 0.617. The molecule has 0 unspecified atom stereocenters. The molecule has 3 heterocycles. The van der Waals surface area contributed by atoms with Crippen LogP contribution in [0.3, 0.4) is 0 Å². The standard InChI is InChI=1S/C26H28ClN3O3/c27-22-5-7-23(8-6-22)30-13-11-28(12-14-30)16-21-18-33-26(32)24(25(21)31)17-29-10-9-19-3-1-2-4-20(19)15-29/h1-8,18,31H,9-17H2. The largest absolute Gasteiger partial charge is 0.507 e. The van der Waals surface area contributed by atoms with Crippen molar-refractivity contribution >= 4 is 17.3 Å². The fraction of sp³-hybridized carbons (Fsp3) is 0.346. The van der Waals surface area contributed by atoms with Gasteiger partial charge in [0, 0.05) is 68.6 Å². The van der Waals surface area contributed by atoms with Crippen LogP contribution >= 0.6 is 11.6 Å². The average Bonchev–Trinajstić information content (AvgIpc) is 2.84. The molecule has 0 saturated carbocycles. The van der Waals surface area contributed by atoms with Crippen LogP contribution in [0.4, 0.5) is 5.69 Å². The lowest BCUT2D eigenvalue weighted by Gasteiger charge is -2.36. The monoisotopic (exact) mass is 465 g/mol. The van der Waals surface area contributed by atoms with Crippen LogP contribution < -0.4 is 10.5 Å². The summed E-state index contributed by atoms with van der Waals surface area (Å²) in [5.74, 6) is 0.0743. The highest BCUT2D eigenvalue weighted by Crippen LogP contribution is 2.26. The lowest BCUT2D eigenvalue weighted by atomic mass is 9.99. The number of anilines is 1. The predicted octanol–water partition coefficient (Wildman–Crippen LogP) is 3.88. The van der Waals surface area contributed by atoms with E-state index in [2.05, 4.69) is 32.9 Å². The van der Waals surface area contributed by atoms with Crippen LogP contribution in [-0.4, -0.2) is 47.6 Å². The third-order valence-corrected chi connectivity index (χ3v) is 6.95. The van der Waals surface area contributed by atoms with Gasteiger partial charge in [0.05, 0.1) is 5.56 Å². The van der Waals surface area contributed by atoms with Gasteiger partial charge in [-0.2, -0.15) is 0 Å². The molecule has 1 aromatic heterocycles. The summed E-state index contributed by atoms with van der Waals surface area (Å²) >= 11 is 6.00. The van der Waals surface area contributed by atoms with Crippen molar-refractivity contribution in [3.8, 4) is 5.75 Å². The molecule has 6 nitrogen and oxygen atoms in total. The first-order chi connectivity index (χ1) is 16.1. The van der Waals surface area contributed by atoms with Gasteiger partial charge in [0.1, 0.15) is 12.0 Å². The van der Waals surface area contributed by atoms with Gasteiger partial charge < -0.3 is 14.4 Å². The van der Waals surface area contributed by atoms with Gasteiger partial charge >= 0.3 is 5.63 Å². The summed E-state index contributed by atoms with van der Waals surface area (Å²) in [6.07, 6.45) is 2.36. The Morgan fingerprint density at radius 2 is 1.61 bits per heavy atom. The van der Waals surface area contributed by atoms with E-state index in [4.69, 9.17) is 16.0 Å². The first-order valence-corrected chi connectivity index (χ1v) is 11.8. The Balaban J connectivity index is 1.23. The summed E-state index contributed by atoms with van der Waals surface area (Å²) in [5, 5.41) is 11.7. The maximum Gasteiger partial charge on any atom is 0.343 e. The third-order valence-electron chi connectivity index (χ3n) is 6.69.